The quantitative estimate of drug-likeness (QED) is 0.199. The standard InChI is InChI=1S/C21H16.C11H12N2O2/c1-13-6-7-15-12-20-17-5-3-2-4-14(17)8-9-18(20)19-11-10-16(13)21(15)19;12-9(11(14)15)5-7-6-13-10-4-2-1-3-8(7)10/h2-9,12H,10-11H2,1H3;1-4,6,9,13H,5,12H2,(H,14,15). The molecule has 4 heteroatoms. The van der Waals surface area contributed by atoms with E-state index < -0.39 is 12.0 Å². The Labute approximate surface area is 209 Å². The molecule has 5 aromatic carbocycles. The lowest BCUT2D eigenvalue weighted by molar-refractivity contribution is -0.138. The van der Waals surface area contributed by atoms with Gasteiger partial charge in [-0.25, -0.2) is 0 Å². The zero-order valence-corrected chi connectivity index (χ0v) is 20.2. The van der Waals surface area contributed by atoms with Crippen LogP contribution >= 0.6 is 0 Å². The Morgan fingerprint density at radius 3 is 2.42 bits per heavy atom. The van der Waals surface area contributed by atoms with E-state index in [0.29, 0.717) is 6.42 Å². The number of para-hydroxylation sites is 1. The van der Waals surface area contributed by atoms with Crippen molar-refractivity contribution in [1.29, 1.82) is 0 Å². The van der Waals surface area contributed by atoms with Gasteiger partial charge in [0.15, 0.2) is 0 Å². The van der Waals surface area contributed by atoms with E-state index in [2.05, 4.69) is 66.5 Å². The molecule has 1 atom stereocenters. The maximum atomic E-state index is 10.6. The highest BCUT2D eigenvalue weighted by molar-refractivity contribution is 6.15. The van der Waals surface area contributed by atoms with Gasteiger partial charge in [0.2, 0.25) is 0 Å². The number of carbonyl (C=O) groups is 1. The van der Waals surface area contributed by atoms with Crippen molar-refractivity contribution < 1.29 is 9.90 Å². The summed E-state index contributed by atoms with van der Waals surface area (Å²) in [6.07, 6.45) is 4.55. The molecule has 6 aromatic rings. The molecule has 0 radical (unpaired) electrons. The number of H-pyrrole nitrogens is 1. The second-order valence-corrected chi connectivity index (χ2v) is 9.70. The van der Waals surface area contributed by atoms with Gasteiger partial charge in [0.1, 0.15) is 6.04 Å². The van der Waals surface area contributed by atoms with Gasteiger partial charge in [0.25, 0.3) is 0 Å². The maximum Gasteiger partial charge on any atom is 0.320 e. The van der Waals surface area contributed by atoms with Crippen molar-refractivity contribution in [1.82, 2.24) is 4.98 Å². The van der Waals surface area contributed by atoms with Crippen LogP contribution in [0.1, 0.15) is 22.3 Å². The third kappa shape index (κ3) is 3.71. The molecule has 4 nitrogen and oxygen atoms in total. The first-order valence-electron chi connectivity index (χ1n) is 12.4. The number of nitrogens with two attached hydrogens (primary N) is 1. The van der Waals surface area contributed by atoms with E-state index in [-0.39, 0.29) is 0 Å². The van der Waals surface area contributed by atoms with E-state index in [0.717, 1.165) is 16.5 Å². The fraction of sp³-hybridized carbons (Fsp3) is 0.156. The number of fused-ring (bicyclic) bond motifs is 5. The number of aromatic nitrogens is 1. The van der Waals surface area contributed by atoms with Crippen molar-refractivity contribution in [3.63, 3.8) is 0 Å². The van der Waals surface area contributed by atoms with Gasteiger partial charge in [0.05, 0.1) is 0 Å². The zero-order chi connectivity index (χ0) is 24.8. The van der Waals surface area contributed by atoms with Crippen molar-refractivity contribution >= 4 is 49.2 Å². The summed E-state index contributed by atoms with van der Waals surface area (Å²) in [5.74, 6) is -0.972. The van der Waals surface area contributed by atoms with Gasteiger partial charge in [-0.15, -0.1) is 0 Å². The van der Waals surface area contributed by atoms with Crippen molar-refractivity contribution in [2.45, 2.75) is 32.2 Å². The summed E-state index contributed by atoms with van der Waals surface area (Å²) in [6.45, 7) is 2.24. The van der Waals surface area contributed by atoms with E-state index in [9.17, 15) is 4.79 Å². The number of carboxylic acid groups (broad SMARTS) is 1. The summed E-state index contributed by atoms with van der Waals surface area (Å²) in [7, 11) is 0. The Kier molecular flexibility index (Phi) is 5.46. The van der Waals surface area contributed by atoms with Crippen molar-refractivity contribution in [2.24, 2.45) is 5.73 Å². The van der Waals surface area contributed by atoms with Crippen LogP contribution in [-0.2, 0) is 24.1 Å². The van der Waals surface area contributed by atoms with E-state index in [1.54, 1.807) is 11.1 Å². The average Bonchev–Trinajstić information content (AvgIpc) is 3.53. The second-order valence-electron chi connectivity index (χ2n) is 9.70. The summed E-state index contributed by atoms with van der Waals surface area (Å²) >= 11 is 0. The molecule has 0 fully saturated rings. The molecule has 1 aromatic heterocycles. The van der Waals surface area contributed by atoms with Crippen LogP contribution < -0.4 is 5.73 Å². The summed E-state index contributed by atoms with van der Waals surface area (Å²) in [4.78, 5) is 13.7. The molecule has 1 heterocycles. The monoisotopic (exact) mass is 472 g/mol. The number of aliphatic carboxylic acids is 1. The SMILES string of the molecule is Cc1ccc2cc3c(ccc4ccccc43)c3c2c1CC3.NC(Cc1c[nH]c2ccccc12)C(=O)O. The van der Waals surface area contributed by atoms with Gasteiger partial charge in [-0.2, -0.15) is 0 Å². The largest absolute Gasteiger partial charge is 0.480 e. The third-order valence-electron chi connectivity index (χ3n) is 7.53. The molecule has 1 aliphatic carbocycles. The van der Waals surface area contributed by atoms with E-state index in [1.165, 1.54) is 50.7 Å². The summed E-state index contributed by atoms with van der Waals surface area (Å²) in [5, 5.41) is 18.3. The molecule has 0 aliphatic heterocycles. The number of aromatic amines is 1. The van der Waals surface area contributed by atoms with Gasteiger partial charge in [-0.1, -0.05) is 66.7 Å². The first-order valence-corrected chi connectivity index (χ1v) is 12.4. The van der Waals surface area contributed by atoms with Crippen LogP contribution in [0.4, 0.5) is 0 Å². The first kappa shape index (κ1) is 22.3. The minimum absolute atomic E-state index is 0.347. The smallest absolute Gasteiger partial charge is 0.320 e. The van der Waals surface area contributed by atoms with Crippen LogP contribution in [0.15, 0.2) is 85.1 Å². The number of benzene rings is 5. The van der Waals surface area contributed by atoms with Crippen LogP contribution in [-0.4, -0.2) is 22.1 Å². The number of hydrogen-bond acceptors (Lipinski definition) is 2. The normalized spacial score (nSPS) is 13.3. The van der Waals surface area contributed by atoms with Gasteiger partial charge in [0, 0.05) is 23.5 Å². The topological polar surface area (TPSA) is 79.1 Å². The molecular weight excluding hydrogens is 444 g/mol. The highest BCUT2D eigenvalue weighted by Gasteiger charge is 2.19. The van der Waals surface area contributed by atoms with Gasteiger partial charge < -0.3 is 15.8 Å². The molecular formula is C32H28N2O2. The molecule has 1 unspecified atom stereocenters. The van der Waals surface area contributed by atoms with Crippen LogP contribution in [0.5, 0.6) is 0 Å². The first-order chi connectivity index (χ1) is 17.5. The predicted molar refractivity (Wildman–Crippen MR) is 149 cm³/mol. The number of hydrogen-bond donors (Lipinski definition) is 3. The van der Waals surface area contributed by atoms with Crippen molar-refractivity contribution in [3.05, 3.63) is 107 Å². The number of nitrogens with one attached hydrogen (secondary N) is 1. The molecule has 4 N–H and O–H groups in total. The Morgan fingerprint density at radius 2 is 1.58 bits per heavy atom. The van der Waals surface area contributed by atoms with Gasteiger partial charge >= 0.3 is 5.97 Å². The van der Waals surface area contributed by atoms with Gasteiger partial charge in [-0.05, 0) is 86.5 Å². The van der Waals surface area contributed by atoms with Crippen LogP contribution in [0.3, 0.4) is 0 Å². The van der Waals surface area contributed by atoms with Crippen LogP contribution in [0, 0.1) is 6.92 Å². The molecule has 0 spiro atoms. The van der Waals surface area contributed by atoms with E-state index >= 15 is 0 Å². The molecule has 0 amide bonds. The average molecular weight is 473 g/mol. The molecule has 0 bridgehead atoms. The Balaban J connectivity index is 0.000000142. The fourth-order valence-electron chi connectivity index (χ4n) is 5.71. The molecule has 0 saturated heterocycles. The minimum Gasteiger partial charge on any atom is -0.480 e. The third-order valence-corrected chi connectivity index (χ3v) is 7.53. The molecule has 36 heavy (non-hydrogen) atoms. The van der Waals surface area contributed by atoms with Crippen molar-refractivity contribution in [2.75, 3.05) is 0 Å². The number of aryl methyl sites for hydroxylation is 3. The molecule has 178 valence electrons. The maximum absolute atomic E-state index is 10.6. The Hall–Kier alpha value is -4.15. The lowest BCUT2D eigenvalue weighted by atomic mass is 9.93. The fourth-order valence-corrected chi connectivity index (χ4v) is 5.71. The van der Waals surface area contributed by atoms with E-state index in [1.807, 2.05) is 30.5 Å². The molecule has 7 rings (SSSR count). The summed E-state index contributed by atoms with van der Waals surface area (Å²) in [6, 6.07) is 27.2. The second kappa shape index (κ2) is 8.81. The molecule has 0 saturated carbocycles. The number of rotatable bonds is 3. The Bertz CT molecular complexity index is 1780. The number of carboxylic acids is 1. The van der Waals surface area contributed by atoms with Crippen LogP contribution in [0.25, 0.3) is 43.2 Å². The lowest BCUT2D eigenvalue weighted by Gasteiger charge is -2.11. The molecule has 1 aliphatic rings. The predicted octanol–water partition coefficient (Wildman–Crippen LogP) is 6.68. The zero-order valence-electron chi connectivity index (χ0n) is 20.2. The lowest BCUT2D eigenvalue weighted by Crippen LogP contribution is -2.32. The highest BCUT2D eigenvalue weighted by Crippen LogP contribution is 2.40. The van der Waals surface area contributed by atoms with Crippen LogP contribution in [0.2, 0.25) is 0 Å². The van der Waals surface area contributed by atoms with Gasteiger partial charge in [-0.3, -0.25) is 4.79 Å². The van der Waals surface area contributed by atoms with Crippen molar-refractivity contribution in [3.8, 4) is 0 Å². The summed E-state index contributed by atoms with van der Waals surface area (Å²) in [5.41, 5.74) is 12.0. The van der Waals surface area contributed by atoms with E-state index in [4.69, 9.17) is 10.8 Å². The highest BCUT2D eigenvalue weighted by atomic mass is 16.4. The minimum atomic E-state index is -0.972. The Morgan fingerprint density at radius 1 is 0.861 bits per heavy atom. The summed E-state index contributed by atoms with van der Waals surface area (Å²) < 4.78 is 0.